The summed E-state index contributed by atoms with van der Waals surface area (Å²) in [7, 11) is -4.01. The van der Waals surface area contributed by atoms with E-state index in [1.54, 1.807) is 6.92 Å². The Morgan fingerprint density at radius 1 is 1.30 bits per heavy atom. The Hall–Kier alpha value is -2.11. The third kappa shape index (κ3) is 4.79. The number of ether oxygens (including phenoxy) is 1. The summed E-state index contributed by atoms with van der Waals surface area (Å²) in [4.78, 5) is 12.5. The fourth-order valence-electron chi connectivity index (χ4n) is 2.97. The molecule has 0 saturated carbocycles. The average Bonchev–Trinajstić information content (AvgIpc) is 2.91. The number of aliphatic hydroxyl groups is 1. The molecule has 2 aromatic carbocycles. The summed E-state index contributed by atoms with van der Waals surface area (Å²) >= 11 is 5.58. The van der Waals surface area contributed by atoms with Gasteiger partial charge in [-0.25, -0.2) is 17.2 Å². The second-order valence-electron chi connectivity index (χ2n) is 6.78. The van der Waals surface area contributed by atoms with Crippen molar-refractivity contribution in [2.45, 2.75) is 17.9 Å². The number of benzene rings is 2. The number of sulfonamides is 1. The molecule has 2 N–H and O–H groups in total. The van der Waals surface area contributed by atoms with Crippen LogP contribution in [0.3, 0.4) is 0 Å². The highest BCUT2D eigenvalue weighted by Gasteiger charge is 2.30. The van der Waals surface area contributed by atoms with Crippen LogP contribution in [0.1, 0.15) is 15.9 Å². The fraction of sp³-hybridized carbons (Fsp3) is 0.316. The van der Waals surface area contributed by atoms with E-state index in [2.05, 4.69) is 5.32 Å². The number of carbonyl (C=O) groups is 1. The van der Waals surface area contributed by atoms with E-state index in [-0.39, 0.29) is 42.4 Å². The molecule has 162 valence electrons. The molecule has 0 aliphatic carbocycles. The summed E-state index contributed by atoms with van der Waals surface area (Å²) in [5, 5.41) is 11.7. The number of aliphatic hydroxyl groups excluding tert-OH is 1. The maximum Gasteiger partial charge on any atom is 0.255 e. The number of β-amino-alcohol motifs (C(OH)–C–C–N with tert-alkyl or cyclic N) is 1. The first kappa shape index (κ1) is 22.6. The molecule has 1 heterocycles. The minimum absolute atomic E-state index is 0.00773. The lowest BCUT2D eigenvalue weighted by atomic mass is 10.1. The van der Waals surface area contributed by atoms with E-state index in [0.29, 0.717) is 5.56 Å². The zero-order valence-corrected chi connectivity index (χ0v) is 17.4. The van der Waals surface area contributed by atoms with Crippen LogP contribution in [0, 0.1) is 18.6 Å². The van der Waals surface area contributed by atoms with Gasteiger partial charge in [0.05, 0.1) is 29.2 Å². The molecule has 1 amide bonds. The smallest absolute Gasteiger partial charge is 0.255 e. The zero-order valence-electron chi connectivity index (χ0n) is 15.9. The lowest BCUT2D eigenvalue weighted by molar-refractivity contribution is 0.0583. The molecule has 0 radical (unpaired) electrons. The van der Waals surface area contributed by atoms with Gasteiger partial charge in [-0.3, -0.25) is 4.79 Å². The van der Waals surface area contributed by atoms with Gasteiger partial charge in [0.25, 0.3) is 5.91 Å². The van der Waals surface area contributed by atoms with Crippen molar-refractivity contribution >= 4 is 33.2 Å². The topological polar surface area (TPSA) is 95.9 Å². The minimum atomic E-state index is -4.01. The van der Waals surface area contributed by atoms with Crippen LogP contribution in [-0.4, -0.2) is 56.1 Å². The van der Waals surface area contributed by atoms with Crippen molar-refractivity contribution in [3.63, 3.8) is 0 Å². The molecule has 1 saturated heterocycles. The fourth-order valence-corrected chi connectivity index (χ4v) is 4.89. The highest BCUT2D eigenvalue weighted by molar-refractivity contribution is 7.89. The van der Waals surface area contributed by atoms with Crippen molar-refractivity contribution in [3.05, 3.63) is 58.1 Å². The minimum Gasteiger partial charge on any atom is -0.389 e. The van der Waals surface area contributed by atoms with Crippen LogP contribution in [-0.2, 0) is 14.8 Å². The summed E-state index contributed by atoms with van der Waals surface area (Å²) < 4.78 is 59.3. The van der Waals surface area contributed by atoms with Gasteiger partial charge in [0.15, 0.2) is 11.6 Å². The van der Waals surface area contributed by atoms with Crippen molar-refractivity contribution < 1.29 is 31.8 Å². The Morgan fingerprint density at radius 3 is 2.73 bits per heavy atom. The quantitative estimate of drug-likeness (QED) is 0.684. The molecule has 11 heteroatoms. The number of anilines is 1. The van der Waals surface area contributed by atoms with Gasteiger partial charge in [0.1, 0.15) is 0 Å². The van der Waals surface area contributed by atoms with Crippen molar-refractivity contribution in [2.24, 2.45) is 0 Å². The molecule has 7 nitrogen and oxygen atoms in total. The third-order valence-corrected chi connectivity index (χ3v) is 6.80. The maximum absolute atomic E-state index is 13.5. The van der Waals surface area contributed by atoms with Gasteiger partial charge in [-0.1, -0.05) is 17.7 Å². The summed E-state index contributed by atoms with van der Waals surface area (Å²) in [5.41, 5.74) is 0.315. The number of nitrogens with zero attached hydrogens (tertiary/aromatic N) is 1. The summed E-state index contributed by atoms with van der Waals surface area (Å²) in [6.07, 6.45) is -0.966. The Labute approximate surface area is 177 Å². The van der Waals surface area contributed by atoms with Crippen LogP contribution in [0.4, 0.5) is 14.5 Å². The summed E-state index contributed by atoms with van der Waals surface area (Å²) in [6, 6.07) is 5.88. The molecule has 1 aliphatic rings. The number of nitrogens with one attached hydrogen (secondary N) is 1. The molecule has 1 fully saturated rings. The van der Waals surface area contributed by atoms with E-state index in [9.17, 15) is 27.1 Å². The van der Waals surface area contributed by atoms with Crippen LogP contribution in [0.15, 0.2) is 35.2 Å². The largest absolute Gasteiger partial charge is 0.389 e. The first-order valence-corrected chi connectivity index (χ1v) is 10.7. The Kier molecular flexibility index (Phi) is 6.73. The van der Waals surface area contributed by atoms with Gasteiger partial charge < -0.3 is 15.2 Å². The van der Waals surface area contributed by atoms with Crippen molar-refractivity contribution in [2.75, 3.05) is 31.6 Å². The molecule has 0 spiro atoms. The molecule has 1 aliphatic heterocycles. The van der Waals surface area contributed by atoms with Gasteiger partial charge in [0, 0.05) is 30.4 Å². The molecular weight excluding hydrogens is 442 g/mol. The monoisotopic (exact) mass is 460 g/mol. The van der Waals surface area contributed by atoms with Crippen LogP contribution in [0.5, 0.6) is 0 Å². The normalized spacial score (nSPS) is 18.1. The Morgan fingerprint density at radius 2 is 2.03 bits per heavy atom. The summed E-state index contributed by atoms with van der Waals surface area (Å²) in [6.45, 7) is 1.67. The molecule has 1 unspecified atom stereocenters. The van der Waals surface area contributed by atoms with E-state index in [1.807, 2.05) is 0 Å². The average molecular weight is 461 g/mol. The summed E-state index contributed by atoms with van der Waals surface area (Å²) in [5.74, 6) is -3.19. The molecular formula is C19H19ClF2N2O5S. The van der Waals surface area contributed by atoms with Gasteiger partial charge in [-0.15, -0.1) is 0 Å². The molecule has 0 bridgehead atoms. The standard InChI is InChI=1S/C19H19ClF2N2O5S/c1-11-2-3-12(19(26)23-13-7-15(20)18(22)16(21)8-13)6-17(11)30(27,28)24-4-5-29-10-14(25)9-24/h2-3,6-8,14,25H,4-5,9-10H2,1H3,(H,23,26). The first-order chi connectivity index (χ1) is 14.1. The molecule has 2 aromatic rings. The van der Waals surface area contributed by atoms with E-state index >= 15 is 0 Å². The SMILES string of the molecule is Cc1ccc(C(=O)Nc2cc(F)c(F)c(Cl)c2)cc1S(=O)(=O)N1CCOCC(O)C1. The number of hydrogen-bond acceptors (Lipinski definition) is 5. The van der Waals surface area contributed by atoms with Crippen molar-refractivity contribution in [1.82, 2.24) is 4.31 Å². The van der Waals surface area contributed by atoms with Crippen molar-refractivity contribution in [1.29, 1.82) is 0 Å². The molecule has 1 atom stereocenters. The number of halogens is 3. The number of hydrogen-bond donors (Lipinski definition) is 2. The molecule has 3 rings (SSSR count). The van der Waals surface area contributed by atoms with Gasteiger partial charge in [-0.2, -0.15) is 4.31 Å². The third-order valence-electron chi connectivity index (χ3n) is 4.52. The lowest BCUT2D eigenvalue weighted by Crippen LogP contribution is -2.38. The number of aryl methyl sites for hydroxylation is 1. The predicted octanol–water partition coefficient (Wildman–Crippen LogP) is 2.56. The van der Waals surface area contributed by atoms with Gasteiger partial charge >= 0.3 is 0 Å². The first-order valence-electron chi connectivity index (χ1n) is 8.92. The van der Waals surface area contributed by atoms with Gasteiger partial charge in [0.2, 0.25) is 10.0 Å². The van der Waals surface area contributed by atoms with E-state index in [4.69, 9.17) is 16.3 Å². The van der Waals surface area contributed by atoms with Crippen LogP contribution < -0.4 is 5.32 Å². The second-order valence-corrected chi connectivity index (χ2v) is 9.09. The number of rotatable bonds is 4. The van der Waals surface area contributed by atoms with E-state index in [1.165, 1.54) is 18.2 Å². The molecule has 0 aromatic heterocycles. The highest BCUT2D eigenvalue weighted by atomic mass is 35.5. The Balaban J connectivity index is 1.90. The number of carbonyl (C=O) groups excluding carboxylic acids is 1. The van der Waals surface area contributed by atoms with Crippen LogP contribution in [0.25, 0.3) is 0 Å². The van der Waals surface area contributed by atoms with Crippen LogP contribution in [0.2, 0.25) is 5.02 Å². The van der Waals surface area contributed by atoms with Gasteiger partial charge in [-0.05, 0) is 30.7 Å². The molecule has 30 heavy (non-hydrogen) atoms. The van der Waals surface area contributed by atoms with Crippen molar-refractivity contribution in [3.8, 4) is 0 Å². The van der Waals surface area contributed by atoms with E-state index < -0.39 is 38.7 Å². The highest BCUT2D eigenvalue weighted by Crippen LogP contribution is 2.25. The maximum atomic E-state index is 13.5. The van der Waals surface area contributed by atoms with Crippen LogP contribution >= 0.6 is 11.6 Å². The van der Waals surface area contributed by atoms with E-state index in [0.717, 1.165) is 16.4 Å². The zero-order chi connectivity index (χ0) is 22.1. The number of amides is 1. The predicted molar refractivity (Wildman–Crippen MR) is 106 cm³/mol. The second kappa shape index (κ2) is 8.94. The lowest BCUT2D eigenvalue weighted by Gasteiger charge is -2.22. The Bertz CT molecular complexity index is 1060.